The minimum Gasteiger partial charge on any atom is -0.308 e. The van der Waals surface area contributed by atoms with E-state index >= 15 is 0 Å². The smallest absolute Gasteiger partial charge is 0.0391 e. The van der Waals surface area contributed by atoms with Crippen LogP contribution in [-0.4, -0.2) is 6.21 Å². The Bertz CT molecular complexity index is 1660. The number of fused-ring (bicyclic) bond motifs is 3. The molecule has 1 heterocycles. The average molecular weight is 454 g/mol. The molecule has 0 saturated heterocycles. The first kappa shape index (κ1) is 20.6. The van der Waals surface area contributed by atoms with E-state index in [9.17, 15) is 0 Å². The second-order valence-electron chi connectivity index (χ2n) is 8.66. The molecule has 0 radical (unpaired) electrons. The summed E-state index contributed by atoms with van der Waals surface area (Å²) in [5.41, 5.74) is 9.56. The van der Waals surface area contributed by atoms with Gasteiger partial charge in [-0.3, -0.25) is 0 Å². The van der Waals surface area contributed by atoms with E-state index in [-0.39, 0.29) is 0 Å². The second kappa shape index (κ2) is 8.40. The van der Waals surface area contributed by atoms with E-state index in [1.165, 1.54) is 65.3 Å². The number of hydrogen-bond acceptors (Lipinski definition) is 2. The fourth-order valence-corrected chi connectivity index (χ4v) is 5.89. The lowest BCUT2D eigenvalue weighted by Crippen LogP contribution is -1.84. The fraction of sp³-hybridized carbons (Fsp3) is 0.0312. The molecule has 1 N–H and O–H groups in total. The Morgan fingerprint density at radius 1 is 0.588 bits per heavy atom. The maximum absolute atomic E-state index is 7.88. The molecule has 0 aliphatic rings. The molecule has 0 amide bonds. The highest BCUT2D eigenvalue weighted by atomic mass is 32.1. The lowest BCUT2D eigenvalue weighted by atomic mass is 9.96. The predicted molar refractivity (Wildman–Crippen MR) is 148 cm³/mol. The van der Waals surface area contributed by atoms with Crippen LogP contribution >= 0.6 is 11.3 Å². The molecule has 0 bridgehead atoms. The molecule has 0 atom stereocenters. The molecular formula is C32H23NS. The van der Waals surface area contributed by atoms with Crippen LogP contribution in [-0.2, 0) is 0 Å². The quantitative estimate of drug-likeness (QED) is 0.257. The molecule has 0 unspecified atom stereocenters. The minimum absolute atomic E-state index is 0.984. The average Bonchev–Trinajstić information content (AvgIpc) is 3.30. The van der Waals surface area contributed by atoms with E-state index in [4.69, 9.17) is 5.41 Å². The molecule has 34 heavy (non-hydrogen) atoms. The summed E-state index contributed by atoms with van der Waals surface area (Å²) < 4.78 is 2.55. The highest BCUT2D eigenvalue weighted by Gasteiger charge is 2.12. The third-order valence-electron chi connectivity index (χ3n) is 6.52. The van der Waals surface area contributed by atoms with Crippen LogP contribution in [0.15, 0.2) is 109 Å². The van der Waals surface area contributed by atoms with Gasteiger partial charge in [-0.1, -0.05) is 91.0 Å². The third kappa shape index (κ3) is 3.53. The van der Waals surface area contributed by atoms with E-state index in [2.05, 4.69) is 116 Å². The summed E-state index contributed by atoms with van der Waals surface area (Å²) in [5.74, 6) is 0. The molecule has 5 aromatic carbocycles. The van der Waals surface area contributed by atoms with Gasteiger partial charge in [0.05, 0.1) is 0 Å². The van der Waals surface area contributed by atoms with Gasteiger partial charge in [-0.05, 0) is 64.1 Å². The Balaban J connectivity index is 1.39. The van der Waals surface area contributed by atoms with Crippen LogP contribution in [0.4, 0.5) is 0 Å². The summed E-state index contributed by atoms with van der Waals surface area (Å²) in [6, 6.07) is 39.0. The number of hydrogen-bond donors (Lipinski definition) is 1. The Kier molecular flexibility index (Phi) is 5.09. The molecule has 6 rings (SSSR count). The van der Waals surface area contributed by atoms with Crippen LogP contribution in [0.2, 0.25) is 0 Å². The lowest BCUT2D eigenvalue weighted by Gasteiger charge is -2.08. The van der Waals surface area contributed by atoms with Crippen molar-refractivity contribution in [3.8, 4) is 33.4 Å². The second-order valence-corrected chi connectivity index (χ2v) is 9.71. The van der Waals surface area contributed by atoms with Gasteiger partial charge in [0, 0.05) is 32.0 Å². The zero-order valence-corrected chi connectivity index (χ0v) is 19.7. The standard InChI is InChI=1S/C32H23NS/c1-21-10-11-28(20-33)31-29-19-27(16-17-30(29)34-32(21)31)24-14-12-23(13-15-24)26-9-5-8-25(18-26)22-6-3-2-4-7-22/h2-20,33H,1H3. The van der Waals surface area contributed by atoms with Crippen molar-refractivity contribution in [1.29, 1.82) is 5.41 Å². The van der Waals surface area contributed by atoms with Crippen molar-refractivity contribution in [2.45, 2.75) is 6.92 Å². The maximum Gasteiger partial charge on any atom is 0.0391 e. The largest absolute Gasteiger partial charge is 0.308 e. The molecule has 1 aromatic heterocycles. The van der Waals surface area contributed by atoms with Gasteiger partial charge in [0.1, 0.15) is 0 Å². The lowest BCUT2D eigenvalue weighted by molar-refractivity contribution is 1.53. The minimum atomic E-state index is 0.984. The summed E-state index contributed by atoms with van der Waals surface area (Å²) in [5, 5.41) is 10.3. The van der Waals surface area contributed by atoms with Gasteiger partial charge in [0.25, 0.3) is 0 Å². The summed E-state index contributed by atoms with van der Waals surface area (Å²) in [7, 11) is 0. The Labute approximate surface area is 203 Å². The highest BCUT2D eigenvalue weighted by Crippen LogP contribution is 2.39. The molecule has 1 nitrogen and oxygen atoms in total. The molecule has 0 aliphatic heterocycles. The van der Waals surface area contributed by atoms with Gasteiger partial charge in [0.15, 0.2) is 0 Å². The van der Waals surface area contributed by atoms with Gasteiger partial charge < -0.3 is 5.41 Å². The molecule has 0 spiro atoms. The van der Waals surface area contributed by atoms with Crippen molar-refractivity contribution in [2.75, 3.05) is 0 Å². The van der Waals surface area contributed by atoms with Crippen molar-refractivity contribution >= 4 is 37.7 Å². The molecule has 0 aliphatic carbocycles. The van der Waals surface area contributed by atoms with Crippen molar-refractivity contribution in [2.24, 2.45) is 0 Å². The summed E-state index contributed by atoms with van der Waals surface area (Å²) in [6.07, 6.45) is 1.47. The number of nitrogens with one attached hydrogen (secondary N) is 1. The Hall–Kier alpha value is -4.01. The molecule has 162 valence electrons. The predicted octanol–water partition coefficient (Wildman–Crippen LogP) is 9.36. The molecular weight excluding hydrogens is 430 g/mol. The van der Waals surface area contributed by atoms with Gasteiger partial charge >= 0.3 is 0 Å². The van der Waals surface area contributed by atoms with Gasteiger partial charge in [-0.15, -0.1) is 11.3 Å². The van der Waals surface area contributed by atoms with Crippen molar-refractivity contribution in [3.05, 3.63) is 120 Å². The SMILES string of the molecule is Cc1ccc(C=N)c2c1sc1ccc(-c3ccc(-c4cccc(-c5ccccc5)c4)cc3)cc12. The van der Waals surface area contributed by atoms with Crippen LogP contribution in [0, 0.1) is 12.3 Å². The number of benzene rings is 5. The van der Waals surface area contributed by atoms with E-state index < -0.39 is 0 Å². The summed E-state index contributed by atoms with van der Waals surface area (Å²) >= 11 is 1.82. The van der Waals surface area contributed by atoms with Crippen LogP contribution in [0.3, 0.4) is 0 Å². The Morgan fingerprint density at radius 2 is 1.18 bits per heavy atom. The van der Waals surface area contributed by atoms with Crippen LogP contribution in [0.25, 0.3) is 53.6 Å². The fourth-order valence-electron chi connectivity index (χ4n) is 4.70. The first-order valence-electron chi connectivity index (χ1n) is 11.4. The van der Waals surface area contributed by atoms with Crippen molar-refractivity contribution in [3.63, 3.8) is 0 Å². The summed E-state index contributed by atoms with van der Waals surface area (Å²) in [6.45, 7) is 2.15. The van der Waals surface area contributed by atoms with E-state index in [1.807, 2.05) is 11.3 Å². The Morgan fingerprint density at radius 3 is 1.85 bits per heavy atom. The molecule has 0 fully saturated rings. The molecule has 6 aromatic rings. The van der Waals surface area contributed by atoms with E-state index in [0.717, 1.165) is 5.56 Å². The number of thiophene rings is 1. The first-order valence-corrected chi connectivity index (χ1v) is 12.3. The van der Waals surface area contributed by atoms with Crippen LogP contribution < -0.4 is 0 Å². The van der Waals surface area contributed by atoms with Crippen LogP contribution in [0.5, 0.6) is 0 Å². The summed E-state index contributed by atoms with van der Waals surface area (Å²) in [4.78, 5) is 0. The normalized spacial score (nSPS) is 11.2. The monoisotopic (exact) mass is 453 g/mol. The van der Waals surface area contributed by atoms with Crippen molar-refractivity contribution < 1.29 is 0 Å². The zero-order valence-electron chi connectivity index (χ0n) is 18.9. The molecule has 0 saturated carbocycles. The maximum atomic E-state index is 7.88. The van der Waals surface area contributed by atoms with Gasteiger partial charge in [0.2, 0.25) is 0 Å². The number of rotatable bonds is 4. The van der Waals surface area contributed by atoms with Gasteiger partial charge in [-0.25, -0.2) is 0 Å². The molecule has 2 heteroatoms. The van der Waals surface area contributed by atoms with Gasteiger partial charge in [-0.2, -0.15) is 0 Å². The zero-order chi connectivity index (χ0) is 23.1. The van der Waals surface area contributed by atoms with Crippen molar-refractivity contribution in [1.82, 2.24) is 0 Å². The first-order chi connectivity index (χ1) is 16.7. The number of aryl methyl sites for hydroxylation is 1. The van der Waals surface area contributed by atoms with E-state index in [1.54, 1.807) is 0 Å². The topological polar surface area (TPSA) is 23.9 Å². The van der Waals surface area contributed by atoms with Crippen LogP contribution in [0.1, 0.15) is 11.1 Å². The van der Waals surface area contributed by atoms with E-state index in [0.29, 0.717) is 0 Å². The third-order valence-corrected chi connectivity index (χ3v) is 7.83. The highest BCUT2D eigenvalue weighted by molar-refractivity contribution is 7.26.